The molecule has 0 unspecified atom stereocenters. The maximum Gasteiger partial charge on any atom is 0.259 e. The van der Waals surface area contributed by atoms with Gasteiger partial charge in [0.2, 0.25) is 0 Å². The van der Waals surface area contributed by atoms with Crippen molar-refractivity contribution in [3.63, 3.8) is 0 Å². The van der Waals surface area contributed by atoms with E-state index < -0.39 is 0 Å². The predicted octanol–water partition coefficient (Wildman–Crippen LogP) is 4.85. The summed E-state index contributed by atoms with van der Waals surface area (Å²) in [5.41, 5.74) is 4.36. The van der Waals surface area contributed by atoms with E-state index in [1.807, 2.05) is 44.2 Å². The van der Waals surface area contributed by atoms with Crippen molar-refractivity contribution in [2.24, 2.45) is 0 Å². The molecule has 1 aromatic heterocycles. The molecule has 3 rings (SSSR count). The summed E-state index contributed by atoms with van der Waals surface area (Å²) in [6, 6.07) is 16.2. The van der Waals surface area contributed by atoms with Crippen LogP contribution < -0.4 is 10.2 Å². The summed E-state index contributed by atoms with van der Waals surface area (Å²) in [5.74, 6) is -0.316. The fraction of sp³-hybridized carbons (Fsp3) is 0.217. The molecule has 1 heterocycles. The molecule has 5 heteroatoms. The van der Waals surface area contributed by atoms with Crippen molar-refractivity contribution >= 4 is 17.3 Å². The van der Waals surface area contributed by atoms with Gasteiger partial charge in [0, 0.05) is 31.2 Å². The molecule has 28 heavy (non-hydrogen) atoms. The molecule has 0 aliphatic carbocycles. The monoisotopic (exact) mass is 377 g/mol. The van der Waals surface area contributed by atoms with Gasteiger partial charge in [-0.3, -0.25) is 9.78 Å². The summed E-state index contributed by atoms with van der Waals surface area (Å²) < 4.78 is 13.0. The molecule has 0 bridgehead atoms. The Kier molecular flexibility index (Phi) is 6.37. The number of halogens is 1. The van der Waals surface area contributed by atoms with Gasteiger partial charge < -0.3 is 10.2 Å². The van der Waals surface area contributed by atoms with Gasteiger partial charge in [0.15, 0.2) is 0 Å². The van der Waals surface area contributed by atoms with Crippen LogP contribution in [0, 0.1) is 12.7 Å². The van der Waals surface area contributed by atoms with Crippen LogP contribution in [0.5, 0.6) is 0 Å². The lowest BCUT2D eigenvalue weighted by Gasteiger charge is -2.21. The number of aromatic nitrogens is 1. The van der Waals surface area contributed by atoms with Gasteiger partial charge in [0.25, 0.3) is 5.91 Å². The first-order chi connectivity index (χ1) is 13.6. The zero-order chi connectivity index (χ0) is 19.9. The van der Waals surface area contributed by atoms with Crippen molar-refractivity contribution in [3.05, 3.63) is 89.5 Å². The first-order valence-corrected chi connectivity index (χ1v) is 9.38. The van der Waals surface area contributed by atoms with Crippen LogP contribution in [0.4, 0.5) is 15.8 Å². The van der Waals surface area contributed by atoms with Gasteiger partial charge in [0.05, 0.1) is 11.3 Å². The minimum atomic E-state index is -0.235. The van der Waals surface area contributed by atoms with Crippen LogP contribution in [0.1, 0.15) is 28.4 Å². The molecule has 144 valence electrons. The zero-order valence-corrected chi connectivity index (χ0v) is 16.2. The summed E-state index contributed by atoms with van der Waals surface area (Å²) in [6.45, 7) is 5.21. The smallest absolute Gasteiger partial charge is 0.259 e. The highest BCUT2D eigenvalue weighted by molar-refractivity contribution is 6.06. The van der Waals surface area contributed by atoms with Crippen LogP contribution in [0.2, 0.25) is 0 Å². The predicted molar refractivity (Wildman–Crippen MR) is 111 cm³/mol. The maximum atomic E-state index is 13.0. The summed E-state index contributed by atoms with van der Waals surface area (Å²) in [5, 5.41) is 3.28. The van der Waals surface area contributed by atoms with Crippen LogP contribution in [0.15, 0.2) is 67.0 Å². The van der Waals surface area contributed by atoms with Gasteiger partial charge in [-0.05, 0) is 61.7 Å². The van der Waals surface area contributed by atoms with Crippen LogP contribution >= 0.6 is 0 Å². The SMILES string of the molecule is CCN(C(=O)c1cncc(NCCc2ccc(F)cc2)c1)c1cccc(C)c1. The van der Waals surface area contributed by atoms with E-state index in [9.17, 15) is 9.18 Å². The van der Waals surface area contributed by atoms with Gasteiger partial charge in [-0.25, -0.2) is 4.39 Å². The van der Waals surface area contributed by atoms with Gasteiger partial charge in [-0.15, -0.1) is 0 Å². The number of nitrogens with zero attached hydrogens (tertiary/aromatic N) is 2. The van der Waals surface area contributed by atoms with Gasteiger partial charge in [-0.2, -0.15) is 0 Å². The normalized spacial score (nSPS) is 10.5. The number of amides is 1. The minimum Gasteiger partial charge on any atom is -0.383 e. The number of anilines is 2. The fourth-order valence-corrected chi connectivity index (χ4v) is 3.05. The second-order valence-electron chi connectivity index (χ2n) is 6.65. The molecule has 0 saturated heterocycles. The number of benzene rings is 2. The van der Waals surface area contributed by atoms with E-state index in [0.717, 1.165) is 28.9 Å². The maximum absolute atomic E-state index is 13.0. The first kappa shape index (κ1) is 19.5. The molecule has 1 N–H and O–H groups in total. The second-order valence-corrected chi connectivity index (χ2v) is 6.65. The molecule has 0 aliphatic rings. The van der Waals surface area contributed by atoms with Crippen LogP contribution in [-0.4, -0.2) is 24.0 Å². The van der Waals surface area contributed by atoms with Gasteiger partial charge >= 0.3 is 0 Å². The molecule has 0 radical (unpaired) electrons. The molecule has 2 aromatic carbocycles. The Morgan fingerprint density at radius 2 is 1.89 bits per heavy atom. The standard InChI is InChI=1S/C23H24FN3O/c1-3-27(22-6-4-5-17(2)13-22)23(28)19-14-21(16-25-15-19)26-12-11-18-7-9-20(24)10-8-18/h4-10,13-16,26H,3,11-12H2,1-2H3. The van der Waals surface area contributed by atoms with Crippen molar-refractivity contribution in [2.45, 2.75) is 20.3 Å². The lowest BCUT2D eigenvalue weighted by atomic mass is 10.1. The van der Waals surface area contributed by atoms with Gasteiger partial charge in [0.1, 0.15) is 5.82 Å². The van der Waals surface area contributed by atoms with E-state index in [1.54, 1.807) is 29.4 Å². The minimum absolute atomic E-state index is 0.0808. The number of hydrogen-bond acceptors (Lipinski definition) is 3. The van der Waals surface area contributed by atoms with E-state index in [1.165, 1.54) is 12.1 Å². The van der Waals surface area contributed by atoms with E-state index in [-0.39, 0.29) is 11.7 Å². The van der Waals surface area contributed by atoms with Gasteiger partial charge in [-0.1, -0.05) is 24.3 Å². The molecule has 3 aromatic rings. The first-order valence-electron chi connectivity index (χ1n) is 9.38. The second kappa shape index (κ2) is 9.13. The van der Waals surface area contributed by atoms with E-state index >= 15 is 0 Å². The lowest BCUT2D eigenvalue weighted by molar-refractivity contribution is 0.0988. The van der Waals surface area contributed by atoms with Crippen molar-refractivity contribution in [2.75, 3.05) is 23.3 Å². The Labute approximate surface area is 165 Å². The largest absolute Gasteiger partial charge is 0.383 e. The molecule has 1 amide bonds. The molecule has 0 atom stereocenters. The average Bonchev–Trinajstić information content (AvgIpc) is 2.70. The quantitative estimate of drug-likeness (QED) is 0.640. The molecule has 0 aliphatic heterocycles. The Morgan fingerprint density at radius 1 is 1.11 bits per heavy atom. The summed E-state index contributed by atoms with van der Waals surface area (Å²) >= 11 is 0. The average molecular weight is 377 g/mol. The molecule has 0 fully saturated rings. The number of carbonyl (C=O) groups is 1. The van der Waals surface area contributed by atoms with E-state index in [0.29, 0.717) is 18.7 Å². The fourth-order valence-electron chi connectivity index (χ4n) is 3.05. The molecular formula is C23H24FN3O. The Balaban J connectivity index is 1.67. The van der Waals surface area contributed by atoms with Crippen molar-refractivity contribution < 1.29 is 9.18 Å². The Hall–Kier alpha value is -3.21. The third kappa shape index (κ3) is 4.94. The van der Waals surface area contributed by atoms with E-state index in [4.69, 9.17) is 0 Å². The van der Waals surface area contributed by atoms with Crippen molar-refractivity contribution in [3.8, 4) is 0 Å². The number of hydrogen-bond donors (Lipinski definition) is 1. The molecular weight excluding hydrogens is 353 g/mol. The number of aryl methyl sites for hydroxylation is 1. The van der Waals surface area contributed by atoms with Crippen LogP contribution in [0.25, 0.3) is 0 Å². The lowest BCUT2D eigenvalue weighted by Crippen LogP contribution is -2.30. The van der Waals surface area contributed by atoms with E-state index in [2.05, 4.69) is 10.3 Å². The molecule has 4 nitrogen and oxygen atoms in total. The topological polar surface area (TPSA) is 45.2 Å². The van der Waals surface area contributed by atoms with Crippen LogP contribution in [0.3, 0.4) is 0 Å². The van der Waals surface area contributed by atoms with Crippen molar-refractivity contribution in [1.29, 1.82) is 0 Å². The highest BCUT2D eigenvalue weighted by Crippen LogP contribution is 2.19. The Morgan fingerprint density at radius 3 is 2.61 bits per heavy atom. The summed E-state index contributed by atoms with van der Waals surface area (Å²) in [7, 11) is 0. The summed E-state index contributed by atoms with van der Waals surface area (Å²) in [4.78, 5) is 18.9. The number of rotatable bonds is 7. The zero-order valence-electron chi connectivity index (χ0n) is 16.2. The third-order valence-electron chi connectivity index (χ3n) is 4.52. The number of nitrogens with one attached hydrogen (secondary N) is 1. The highest BCUT2D eigenvalue weighted by Gasteiger charge is 2.17. The molecule has 0 spiro atoms. The highest BCUT2D eigenvalue weighted by atomic mass is 19.1. The number of carbonyl (C=O) groups excluding carboxylic acids is 1. The third-order valence-corrected chi connectivity index (χ3v) is 4.52. The summed E-state index contributed by atoms with van der Waals surface area (Å²) in [6.07, 6.45) is 4.04. The van der Waals surface area contributed by atoms with Crippen molar-refractivity contribution in [1.82, 2.24) is 4.98 Å². The molecule has 0 saturated carbocycles. The number of pyridine rings is 1. The van der Waals surface area contributed by atoms with Crippen LogP contribution in [-0.2, 0) is 6.42 Å². The Bertz CT molecular complexity index is 941.